The molecule has 1 aliphatic carbocycles. The van der Waals surface area contributed by atoms with Crippen molar-refractivity contribution in [1.29, 1.82) is 0 Å². The van der Waals surface area contributed by atoms with Gasteiger partial charge in [-0.1, -0.05) is 6.07 Å². The molecule has 1 aliphatic rings. The smallest absolute Gasteiger partial charge is 0.324 e. The van der Waals surface area contributed by atoms with E-state index in [0.29, 0.717) is 12.8 Å². The van der Waals surface area contributed by atoms with Crippen molar-refractivity contribution >= 4 is 16.0 Å². The third-order valence-corrected chi connectivity index (χ3v) is 4.99. The van der Waals surface area contributed by atoms with E-state index in [1.807, 2.05) is 4.72 Å². The van der Waals surface area contributed by atoms with E-state index in [-0.39, 0.29) is 5.92 Å². The first-order valence-corrected chi connectivity index (χ1v) is 7.38. The van der Waals surface area contributed by atoms with Crippen LogP contribution in [0.15, 0.2) is 23.1 Å². The van der Waals surface area contributed by atoms with Crippen molar-refractivity contribution in [2.45, 2.75) is 30.2 Å². The lowest BCUT2D eigenvalue weighted by Gasteiger charge is -2.25. The van der Waals surface area contributed by atoms with Crippen molar-refractivity contribution in [3.8, 4) is 0 Å². The van der Waals surface area contributed by atoms with Crippen molar-refractivity contribution in [1.82, 2.24) is 4.72 Å². The second kappa shape index (κ2) is 4.78. The van der Waals surface area contributed by atoms with Gasteiger partial charge in [0.05, 0.1) is 0 Å². The van der Waals surface area contributed by atoms with Crippen molar-refractivity contribution in [2.24, 2.45) is 5.92 Å². The fraction of sp³-hybridized carbons (Fsp3) is 0.417. The molecule has 0 aromatic heterocycles. The van der Waals surface area contributed by atoms with Gasteiger partial charge in [0.2, 0.25) is 10.0 Å². The summed E-state index contributed by atoms with van der Waals surface area (Å²) in [5, 5.41) is 9.18. The summed E-state index contributed by atoms with van der Waals surface area (Å²) in [6.45, 7) is 1.20. The molecule has 2 N–H and O–H groups in total. The highest BCUT2D eigenvalue weighted by molar-refractivity contribution is 7.89. The molecule has 0 aliphatic heterocycles. The molecule has 1 saturated carbocycles. The van der Waals surface area contributed by atoms with Crippen molar-refractivity contribution in [3.05, 3.63) is 29.8 Å². The van der Waals surface area contributed by atoms with Crippen LogP contribution in [-0.2, 0) is 14.8 Å². The van der Waals surface area contributed by atoms with Crippen molar-refractivity contribution in [2.75, 3.05) is 0 Å². The Kier molecular flexibility index (Phi) is 3.55. The molecule has 1 fully saturated rings. The Hall–Kier alpha value is -1.54. The molecule has 1 aromatic rings. The monoisotopic (exact) mass is 305 g/mol. The SMILES string of the molecule is CC(NS(=O)(=O)c1c(F)cccc1F)(C(=O)O)C1CC1. The molecular weight excluding hydrogens is 292 g/mol. The van der Waals surface area contributed by atoms with Gasteiger partial charge in [-0.05, 0) is 37.8 Å². The van der Waals surface area contributed by atoms with Crippen molar-refractivity contribution < 1.29 is 27.1 Å². The second-order valence-corrected chi connectivity index (χ2v) is 6.56. The maximum absolute atomic E-state index is 13.5. The molecule has 8 heteroatoms. The minimum Gasteiger partial charge on any atom is -0.480 e. The van der Waals surface area contributed by atoms with Crippen LogP contribution in [0.4, 0.5) is 8.78 Å². The summed E-state index contributed by atoms with van der Waals surface area (Å²) in [6, 6.07) is 2.63. The number of aliphatic carboxylic acids is 1. The maximum atomic E-state index is 13.5. The summed E-state index contributed by atoms with van der Waals surface area (Å²) in [5.74, 6) is -4.29. The van der Waals surface area contributed by atoms with Gasteiger partial charge in [-0.25, -0.2) is 17.2 Å². The molecule has 0 spiro atoms. The van der Waals surface area contributed by atoms with Crippen LogP contribution in [0, 0.1) is 17.6 Å². The zero-order valence-electron chi connectivity index (χ0n) is 10.6. The summed E-state index contributed by atoms with van der Waals surface area (Å²) in [6.07, 6.45) is 1.09. The molecule has 1 unspecified atom stereocenters. The van der Waals surface area contributed by atoms with Crippen LogP contribution < -0.4 is 4.72 Å². The average molecular weight is 305 g/mol. The number of carbonyl (C=O) groups is 1. The van der Waals surface area contributed by atoms with Gasteiger partial charge < -0.3 is 5.11 Å². The zero-order valence-corrected chi connectivity index (χ0v) is 11.4. The Balaban J connectivity index is 2.43. The number of nitrogens with one attached hydrogen (secondary N) is 1. The highest BCUT2D eigenvalue weighted by Gasteiger charge is 2.50. The normalized spacial score (nSPS) is 18.6. The molecule has 0 bridgehead atoms. The fourth-order valence-corrected chi connectivity index (χ4v) is 3.60. The van der Waals surface area contributed by atoms with E-state index in [9.17, 15) is 27.1 Å². The largest absolute Gasteiger partial charge is 0.480 e. The van der Waals surface area contributed by atoms with Crippen LogP contribution in [0.1, 0.15) is 19.8 Å². The molecule has 1 atom stereocenters. The van der Waals surface area contributed by atoms with E-state index in [0.717, 1.165) is 18.2 Å². The molecule has 5 nitrogen and oxygen atoms in total. The lowest BCUT2D eigenvalue weighted by Crippen LogP contribution is -2.54. The Labute approximate surface area is 114 Å². The molecule has 110 valence electrons. The van der Waals surface area contributed by atoms with Crippen LogP contribution in [0.2, 0.25) is 0 Å². The molecule has 0 heterocycles. The van der Waals surface area contributed by atoms with E-state index >= 15 is 0 Å². The average Bonchev–Trinajstić information content (AvgIpc) is 3.10. The van der Waals surface area contributed by atoms with Gasteiger partial charge in [-0.3, -0.25) is 4.79 Å². The Morgan fingerprint density at radius 2 is 1.85 bits per heavy atom. The van der Waals surface area contributed by atoms with E-state index < -0.39 is 38.1 Å². The first-order chi connectivity index (χ1) is 9.18. The molecule has 2 rings (SSSR count). The number of carboxylic acids is 1. The zero-order chi connectivity index (χ0) is 15.1. The Morgan fingerprint density at radius 1 is 1.35 bits per heavy atom. The van der Waals surface area contributed by atoms with E-state index in [1.54, 1.807) is 0 Å². The number of carboxylic acid groups (broad SMARTS) is 1. The van der Waals surface area contributed by atoms with E-state index in [4.69, 9.17) is 0 Å². The summed E-state index contributed by atoms with van der Waals surface area (Å²) in [5.41, 5.74) is -1.77. The number of halogens is 2. The topological polar surface area (TPSA) is 83.5 Å². The molecule has 20 heavy (non-hydrogen) atoms. The van der Waals surface area contributed by atoms with Gasteiger partial charge in [-0.2, -0.15) is 4.72 Å². The predicted molar refractivity (Wildman–Crippen MR) is 65.4 cm³/mol. The van der Waals surface area contributed by atoms with Gasteiger partial charge in [0.15, 0.2) is 4.90 Å². The molecule has 0 radical (unpaired) electrons. The molecule has 1 aromatic carbocycles. The van der Waals surface area contributed by atoms with Gasteiger partial charge in [0.1, 0.15) is 17.2 Å². The number of sulfonamides is 1. The van der Waals surface area contributed by atoms with Gasteiger partial charge in [0.25, 0.3) is 0 Å². The van der Waals surface area contributed by atoms with E-state index in [1.165, 1.54) is 6.92 Å². The predicted octanol–water partition coefficient (Wildman–Crippen LogP) is 1.50. The van der Waals surface area contributed by atoms with Crippen LogP contribution in [0.25, 0.3) is 0 Å². The number of hydrogen-bond acceptors (Lipinski definition) is 3. The summed E-state index contributed by atoms with van der Waals surface area (Å²) < 4.78 is 53.1. The van der Waals surface area contributed by atoms with Crippen molar-refractivity contribution in [3.63, 3.8) is 0 Å². The van der Waals surface area contributed by atoms with Crippen LogP contribution in [0.5, 0.6) is 0 Å². The third kappa shape index (κ3) is 2.53. The quantitative estimate of drug-likeness (QED) is 0.863. The second-order valence-electron chi connectivity index (χ2n) is 4.94. The number of rotatable bonds is 5. The highest BCUT2D eigenvalue weighted by atomic mass is 32.2. The lowest BCUT2D eigenvalue weighted by molar-refractivity contribution is -0.144. The van der Waals surface area contributed by atoms with Gasteiger partial charge in [-0.15, -0.1) is 0 Å². The van der Waals surface area contributed by atoms with Gasteiger partial charge >= 0.3 is 5.97 Å². The maximum Gasteiger partial charge on any atom is 0.324 e. The minimum atomic E-state index is -4.61. The third-order valence-electron chi connectivity index (χ3n) is 3.37. The van der Waals surface area contributed by atoms with Crippen LogP contribution >= 0.6 is 0 Å². The Morgan fingerprint density at radius 3 is 2.25 bits per heavy atom. The van der Waals surface area contributed by atoms with Crippen LogP contribution in [0.3, 0.4) is 0 Å². The Bertz CT molecular complexity index is 637. The molecule has 0 saturated heterocycles. The number of benzene rings is 1. The lowest BCUT2D eigenvalue weighted by atomic mass is 9.98. The van der Waals surface area contributed by atoms with Gasteiger partial charge in [0, 0.05) is 0 Å². The molecular formula is C12H13F2NO4S. The molecule has 0 amide bonds. The highest BCUT2D eigenvalue weighted by Crippen LogP contribution is 2.40. The first-order valence-electron chi connectivity index (χ1n) is 5.90. The van der Waals surface area contributed by atoms with Crippen LogP contribution in [-0.4, -0.2) is 25.0 Å². The number of hydrogen-bond donors (Lipinski definition) is 2. The fourth-order valence-electron chi connectivity index (χ4n) is 2.03. The standard InChI is InChI=1S/C12H13F2NO4S/c1-12(11(16)17,7-5-6-7)15-20(18,19)10-8(13)3-2-4-9(10)14/h2-4,7,15H,5-6H2,1H3,(H,16,17). The minimum absolute atomic E-state index is 0.385. The summed E-state index contributed by atoms with van der Waals surface area (Å²) in [7, 11) is -4.61. The summed E-state index contributed by atoms with van der Waals surface area (Å²) in [4.78, 5) is 10.1. The summed E-state index contributed by atoms with van der Waals surface area (Å²) >= 11 is 0. The van der Waals surface area contributed by atoms with E-state index in [2.05, 4.69) is 0 Å². The first kappa shape index (κ1) is 14.9.